The molecule has 2 unspecified atom stereocenters. The van der Waals surface area contributed by atoms with Crippen LogP contribution in [0.25, 0.3) is 10.8 Å². The summed E-state index contributed by atoms with van der Waals surface area (Å²) >= 11 is 0. The summed E-state index contributed by atoms with van der Waals surface area (Å²) in [6, 6.07) is 19.4. The first-order chi connectivity index (χ1) is 14.9. The number of carbonyl (C=O) groups excluding carboxylic acids is 1. The van der Waals surface area contributed by atoms with E-state index in [1.54, 1.807) is 7.11 Å². The summed E-state index contributed by atoms with van der Waals surface area (Å²) in [7, 11) is 1.63. The number of rotatable bonds is 6. The number of amides is 1. The zero-order valence-corrected chi connectivity index (χ0v) is 18.5. The minimum absolute atomic E-state index is 0.132. The van der Waals surface area contributed by atoms with Crippen molar-refractivity contribution < 1.29 is 19.0 Å². The molecule has 1 aliphatic rings. The van der Waals surface area contributed by atoms with Crippen molar-refractivity contribution >= 4 is 16.7 Å². The van der Waals surface area contributed by atoms with Crippen molar-refractivity contribution in [3.05, 3.63) is 66.2 Å². The highest BCUT2D eigenvalue weighted by atomic mass is 16.5. The van der Waals surface area contributed by atoms with Crippen molar-refractivity contribution in [1.82, 2.24) is 5.32 Å². The van der Waals surface area contributed by atoms with Gasteiger partial charge in [0.15, 0.2) is 6.10 Å². The monoisotopic (exact) mass is 419 g/mol. The summed E-state index contributed by atoms with van der Waals surface area (Å²) in [5, 5.41) is 5.29. The lowest BCUT2D eigenvalue weighted by atomic mass is 9.89. The fourth-order valence-corrected chi connectivity index (χ4v) is 4.13. The molecule has 0 aliphatic carbocycles. The van der Waals surface area contributed by atoms with Crippen LogP contribution in [0.4, 0.5) is 0 Å². The van der Waals surface area contributed by atoms with Crippen molar-refractivity contribution in [1.29, 1.82) is 0 Å². The second-order valence-corrected chi connectivity index (χ2v) is 8.52. The van der Waals surface area contributed by atoms with E-state index in [9.17, 15) is 4.79 Å². The van der Waals surface area contributed by atoms with Gasteiger partial charge in [0, 0.05) is 17.4 Å². The van der Waals surface area contributed by atoms with E-state index in [-0.39, 0.29) is 11.9 Å². The Labute approximate surface area is 183 Å². The molecule has 5 heteroatoms. The number of benzene rings is 3. The van der Waals surface area contributed by atoms with E-state index in [4.69, 9.17) is 14.2 Å². The Balaban J connectivity index is 1.57. The average Bonchev–Trinajstić information content (AvgIpc) is 2.76. The molecule has 2 atom stereocenters. The first-order valence-corrected chi connectivity index (χ1v) is 10.7. The normalized spacial score (nSPS) is 17.9. The van der Waals surface area contributed by atoms with Gasteiger partial charge < -0.3 is 19.5 Å². The second-order valence-electron chi connectivity index (χ2n) is 8.52. The van der Waals surface area contributed by atoms with Crippen LogP contribution in [-0.2, 0) is 4.79 Å². The zero-order chi connectivity index (χ0) is 22.0. The quantitative estimate of drug-likeness (QED) is 0.579. The number of methoxy groups -OCH3 is 1. The van der Waals surface area contributed by atoms with Crippen LogP contribution in [0.3, 0.4) is 0 Å². The lowest BCUT2D eigenvalue weighted by molar-refractivity contribution is -0.129. The predicted molar refractivity (Wildman–Crippen MR) is 122 cm³/mol. The Morgan fingerprint density at radius 2 is 1.94 bits per heavy atom. The first-order valence-electron chi connectivity index (χ1n) is 10.7. The fraction of sp³-hybridized carbons (Fsp3) is 0.346. The van der Waals surface area contributed by atoms with E-state index in [2.05, 4.69) is 5.32 Å². The Kier molecular flexibility index (Phi) is 5.77. The highest BCUT2D eigenvalue weighted by Gasteiger charge is 2.36. The number of carbonyl (C=O) groups is 1. The molecule has 1 N–H and O–H groups in total. The van der Waals surface area contributed by atoms with Gasteiger partial charge in [0.05, 0.1) is 13.2 Å². The van der Waals surface area contributed by atoms with Crippen LogP contribution in [0.5, 0.6) is 17.2 Å². The molecular weight excluding hydrogens is 390 g/mol. The molecule has 0 saturated heterocycles. The molecule has 0 saturated carbocycles. The summed E-state index contributed by atoms with van der Waals surface area (Å²) in [6.07, 6.45) is 0.627. The van der Waals surface area contributed by atoms with Gasteiger partial charge in [-0.25, -0.2) is 0 Å². The van der Waals surface area contributed by atoms with Crippen LogP contribution in [0.2, 0.25) is 0 Å². The molecule has 1 amide bonds. The standard InChI is InChI=1S/C26H29NO4/c1-5-22(30-23-12-8-10-17-9-6-7-11-19(17)23)25(28)27-21-16-26(2,3)31-24-14-13-18(29-4)15-20(21)24/h6-15,21-22H,5,16H2,1-4H3,(H,27,28). The van der Waals surface area contributed by atoms with Gasteiger partial charge in [-0.2, -0.15) is 0 Å². The van der Waals surface area contributed by atoms with Gasteiger partial charge in [-0.1, -0.05) is 43.3 Å². The van der Waals surface area contributed by atoms with Crippen molar-refractivity contribution in [3.8, 4) is 17.2 Å². The highest BCUT2D eigenvalue weighted by Crippen LogP contribution is 2.41. The van der Waals surface area contributed by atoms with Gasteiger partial charge in [-0.15, -0.1) is 0 Å². The van der Waals surface area contributed by atoms with Gasteiger partial charge in [0.25, 0.3) is 5.91 Å². The largest absolute Gasteiger partial charge is 0.497 e. The van der Waals surface area contributed by atoms with E-state index in [1.165, 1.54) is 0 Å². The van der Waals surface area contributed by atoms with Crippen molar-refractivity contribution in [2.75, 3.05) is 7.11 Å². The fourth-order valence-electron chi connectivity index (χ4n) is 4.13. The first kappa shape index (κ1) is 21.0. The van der Waals surface area contributed by atoms with Crippen molar-refractivity contribution in [2.45, 2.75) is 51.4 Å². The molecule has 5 nitrogen and oxygen atoms in total. The van der Waals surface area contributed by atoms with Gasteiger partial charge in [-0.05, 0) is 49.9 Å². The lowest BCUT2D eigenvalue weighted by Crippen LogP contribution is -2.45. The molecule has 0 aromatic heterocycles. The predicted octanol–water partition coefficient (Wildman–Crippen LogP) is 5.42. The molecule has 1 aliphatic heterocycles. The van der Waals surface area contributed by atoms with Crippen LogP contribution < -0.4 is 19.5 Å². The molecular formula is C26H29NO4. The van der Waals surface area contributed by atoms with Crippen LogP contribution in [0.15, 0.2) is 60.7 Å². The number of fused-ring (bicyclic) bond motifs is 2. The Morgan fingerprint density at radius 3 is 2.71 bits per heavy atom. The summed E-state index contributed by atoms with van der Waals surface area (Å²) in [5.74, 6) is 2.09. The molecule has 31 heavy (non-hydrogen) atoms. The van der Waals surface area contributed by atoms with E-state index in [0.717, 1.165) is 33.6 Å². The maximum Gasteiger partial charge on any atom is 0.261 e. The molecule has 162 valence electrons. The van der Waals surface area contributed by atoms with Crippen molar-refractivity contribution in [3.63, 3.8) is 0 Å². The van der Waals surface area contributed by atoms with Gasteiger partial charge in [-0.3, -0.25) is 4.79 Å². The summed E-state index contributed by atoms with van der Waals surface area (Å²) in [5.41, 5.74) is 0.532. The molecule has 3 aromatic carbocycles. The van der Waals surface area contributed by atoms with Gasteiger partial charge >= 0.3 is 0 Å². The molecule has 4 rings (SSSR count). The summed E-state index contributed by atoms with van der Waals surface area (Å²) < 4.78 is 17.7. The number of ether oxygens (including phenoxy) is 3. The van der Waals surface area contributed by atoms with Gasteiger partial charge in [0.1, 0.15) is 22.8 Å². The number of hydrogen-bond acceptors (Lipinski definition) is 4. The van der Waals surface area contributed by atoms with Crippen LogP contribution >= 0.6 is 0 Å². The highest BCUT2D eigenvalue weighted by molar-refractivity contribution is 5.89. The topological polar surface area (TPSA) is 56.8 Å². The third kappa shape index (κ3) is 4.46. The molecule has 0 fully saturated rings. The third-order valence-corrected chi connectivity index (χ3v) is 5.67. The minimum Gasteiger partial charge on any atom is -0.497 e. The molecule has 1 heterocycles. The summed E-state index contributed by atoms with van der Waals surface area (Å²) in [6.45, 7) is 6.02. The minimum atomic E-state index is -0.592. The van der Waals surface area contributed by atoms with Crippen LogP contribution in [-0.4, -0.2) is 24.7 Å². The molecule has 0 bridgehead atoms. The molecule has 3 aromatic rings. The molecule has 0 radical (unpaired) electrons. The second kappa shape index (κ2) is 8.50. The molecule has 0 spiro atoms. The van der Waals surface area contributed by atoms with Crippen LogP contribution in [0, 0.1) is 0 Å². The Bertz CT molecular complexity index is 1090. The van der Waals surface area contributed by atoms with E-state index in [1.807, 2.05) is 81.4 Å². The number of nitrogens with one attached hydrogen (secondary N) is 1. The maximum absolute atomic E-state index is 13.3. The van der Waals surface area contributed by atoms with Crippen LogP contribution in [0.1, 0.15) is 45.2 Å². The Morgan fingerprint density at radius 1 is 1.16 bits per heavy atom. The smallest absolute Gasteiger partial charge is 0.261 e. The SMILES string of the molecule is CCC(Oc1cccc2ccccc12)C(=O)NC1CC(C)(C)Oc2ccc(OC)cc21. The lowest BCUT2D eigenvalue weighted by Gasteiger charge is -2.38. The average molecular weight is 420 g/mol. The Hall–Kier alpha value is -3.21. The number of hydrogen-bond donors (Lipinski definition) is 1. The third-order valence-electron chi connectivity index (χ3n) is 5.67. The zero-order valence-electron chi connectivity index (χ0n) is 18.5. The van der Waals surface area contributed by atoms with E-state index < -0.39 is 11.7 Å². The maximum atomic E-state index is 13.3. The summed E-state index contributed by atoms with van der Waals surface area (Å²) in [4.78, 5) is 13.3. The van der Waals surface area contributed by atoms with E-state index in [0.29, 0.717) is 12.8 Å². The van der Waals surface area contributed by atoms with Crippen molar-refractivity contribution in [2.24, 2.45) is 0 Å². The van der Waals surface area contributed by atoms with E-state index >= 15 is 0 Å². The van der Waals surface area contributed by atoms with Gasteiger partial charge in [0.2, 0.25) is 0 Å².